The third kappa shape index (κ3) is 4.63. The van der Waals surface area contributed by atoms with Crippen LogP contribution in [-0.4, -0.2) is 56.7 Å². The van der Waals surface area contributed by atoms with Gasteiger partial charge in [-0.25, -0.2) is 0 Å². The molecule has 2 bridgehead atoms. The van der Waals surface area contributed by atoms with Gasteiger partial charge in [0.05, 0.1) is 0 Å². The zero-order chi connectivity index (χ0) is 21.8. The van der Waals surface area contributed by atoms with Crippen molar-refractivity contribution in [1.29, 1.82) is 0 Å². The van der Waals surface area contributed by atoms with Crippen molar-refractivity contribution in [1.82, 2.24) is 30.1 Å². The van der Waals surface area contributed by atoms with E-state index in [0.29, 0.717) is 24.7 Å². The molecule has 2 fully saturated rings. The molecule has 5 rings (SSSR count). The van der Waals surface area contributed by atoms with Crippen LogP contribution in [0.5, 0.6) is 0 Å². The molecule has 0 spiro atoms. The number of piperidine rings is 1. The first-order chi connectivity index (χ1) is 15.8. The summed E-state index contributed by atoms with van der Waals surface area (Å²) < 4.78 is 2.04. The van der Waals surface area contributed by atoms with E-state index in [4.69, 9.17) is 4.99 Å². The number of rotatable bonds is 7. The summed E-state index contributed by atoms with van der Waals surface area (Å²) in [5, 5.41) is 15.7. The van der Waals surface area contributed by atoms with Gasteiger partial charge in [-0.1, -0.05) is 36.4 Å². The number of fused-ring (bicyclic) bond motifs is 3. The molecule has 0 aliphatic carbocycles. The summed E-state index contributed by atoms with van der Waals surface area (Å²) >= 11 is 0. The summed E-state index contributed by atoms with van der Waals surface area (Å²) in [6, 6.07) is 18.7. The van der Waals surface area contributed by atoms with E-state index >= 15 is 0 Å². The Morgan fingerprint density at radius 1 is 1.03 bits per heavy atom. The van der Waals surface area contributed by atoms with Crippen molar-refractivity contribution in [2.45, 2.75) is 63.7 Å². The lowest BCUT2D eigenvalue weighted by molar-refractivity contribution is 0.114. The lowest BCUT2D eigenvalue weighted by Gasteiger charge is -2.39. The maximum absolute atomic E-state index is 4.85. The van der Waals surface area contributed by atoms with Gasteiger partial charge in [-0.05, 0) is 50.3 Å². The van der Waals surface area contributed by atoms with E-state index in [9.17, 15) is 0 Å². The first-order valence-corrected chi connectivity index (χ1v) is 11.9. The van der Waals surface area contributed by atoms with Gasteiger partial charge in [0.15, 0.2) is 11.6 Å². The van der Waals surface area contributed by atoms with E-state index in [1.54, 1.807) is 0 Å². The SMILES string of the molecule is CCNC(=NCCc1nnc2ccccn12)NC1CC2CCC(C1)N2Cc1ccccc1. The average molecular weight is 432 g/mol. The van der Waals surface area contributed by atoms with Gasteiger partial charge < -0.3 is 10.6 Å². The van der Waals surface area contributed by atoms with Gasteiger partial charge in [0.25, 0.3) is 0 Å². The van der Waals surface area contributed by atoms with Gasteiger partial charge in [-0.2, -0.15) is 0 Å². The lowest BCUT2D eigenvalue weighted by Crippen LogP contribution is -2.52. The molecule has 0 saturated carbocycles. The fraction of sp³-hybridized carbons (Fsp3) is 0.480. The third-order valence-corrected chi connectivity index (χ3v) is 6.77. The fourth-order valence-electron chi connectivity index (χ4n) is 5.29. The molecule has 2 saturated heterocycles. The van der Waals surface area contributed by atoms with Crippen LogP contribution in [0.3, 0.4) is 0 Å². The molecule has 1 aromatic carbocycles. The standard InChI is InChI=1S/C25H33N7/c1-2-26-25(27-14-13-24-30-29-23-10-6-7-15-31(23)24)28-20-16-21-11-12-22(17-20)32(21)18-19-8-4-3-5-9-19/h3-10,15,20-22H,2,11-14,16-18H2,1H3,(H2,26,27,28). The summed E-state index contributed by atoms with van der Waals surface area (Å²) in [6.45, 7) is 4.74. The number of nitrogens with zero attached hydrogens (tertiary/aromatic N) is 5. The van der Waals surface area contributed by atoms with E-state index < -0.39 is 0 Å². The Bertz CT molecular complexity index is 1030. The first-order valence-electron chi connectivity index (χ1n) is 11.9. The Kier molecular flexibility index (Phi) is 6.34. The van der Waals surface area contributed by atoms with Crippen molar-refractivity contribution in [3.63, 3.8) is 0 Å². The van der Waals surface area contributed by atoms with Gasteiger partial charge in [0.2, 0.25) is 0 Å². The van der Waals surface area contributed by atoms with Crippen LogP contribution in [0.25, 0.3) is 5.65 Å². The van der Waals surface area contributed by atoms with Gasteiger partial charge in [0, 0.05) is 50.4 Å². The molecule has 0 radical (unpaired) electrons. The Morgan fingerprint density at radius 2 is 1.81 bits per heavy atom. The average Bonchev–Trinajstić information content (AvgIpc) is 3.32. The zero-order valence-corrected chi connectivity index (χ0v) is 18.8. The molecule has 0 amide bonds. The summed E-state index contributed by atoms with van der Waals surface area (Å²) in [4.78, 5) is 7.58. The highest BCUT2D eigenvalue weighted by molar-refractivity contribution is 5.80. The summed E-state index contributed by atoms with van der Waals surface area (Å²) in [7, 11) is 0. The smallest absolute Gasteiger partial charge is 0.191 e. The second-order valence-electron chi connectivity index (χ2n) is 8.91. The zero-order valence-electron chi connectivity index (χ0n) is 18.8. The number of nitrogens with one attached hydrogen (secondary N) is 2. The van der Waals surface area contributed by atoms with Crippen molar-refractivity contribution in [3.8, 4) is 0 Å². The van der Waals surface area contributed by atoms with Crippen LogP contribution >= 0.6 is 0 Å². The second kappa shape index (κ2) is 9.69. The fourth-order valence-corrected chi connectivity index (χ4v) is 5.29. The van der Waals surface area contributed by atoms with Crippen LogP contribution in [0, 0.1) is 0 Å². The van der Waals surface area contributed by atoms with E-state index in [2.05, 4.69) is 63.0 Å². The third-order valence-electron chi connectivity index (χ3n) is 6.77. The monoisotopic (exact) mass is 431 g/mol. The van der Waals surface area contributed by atoms with Gasteiger partial charge in [0.1, 0.15) is 5.82 Å². The van der Waals surface area contributed by atoms with Crippen molar-refractivity contribution < 1.29 is 0 Å². The highest BCUT2D eigenvalue weighted by Gasteiger charge is 2.40. The Labute approximate surface area is 190 Å². The molecule has 2 aromatic heterocycles. The lowest BCUT2D eigenvalue weighted by atomic mass is 9.96. The van der Waals surface area contributed by atoms with E-state index in [-0.39, 0.29) is 0 Å². The first kappa shape index (κ1) is 20.9. The predicted octanol–water partition coefficient (Wildman–Crippen LogP) is 3.02. The van der Waals surface area contributed by atoms with Crippen LogP contribution in [0.1, 0.15) is 44.0 Å². The maximum atomic E-state index is 4.85. The summed E-state index contributed by atoms with van der Waals surface area (Å²) in [5.74, 6) is 1.87. The Morgan fingerprint density at radius 3 is 2.59 bits per heavy atom. The molecule has 2 aliphatic rings. The Hall–Kier alpha value is -2.93. The molecule has 2 N–H and O–H groups in total. The molecule has 32 heavy (non-hydrogen) atoms. The summed E-state index contributed by atoms with van der Waals surface area (Å²) in [6.07, 6.45) is 7.76. The van der Waals surface area contributed by atoms with Crippen LogP contribution < -0.4 is 10.6 Å². The van der Waals surface area contributed by atoms with Crippen molar-refractivity contribution in [3.05, 3.63) is 66.1 Å². The van der Waals surface area contributed by atoms with Crippen LogP contribution in [-0.2, 0) is 13.0 Å². The molecule has 4 heterocycles. The quantitative estimate of drug-likeness (QED) is 0.445. The van der Waals surface area contributed by atoms with E-state index in [0.717, 1.165) is 36.9 Å². The topological polar surface area (TPSA) is 69.8 Å². The minimum absolute atomic E-state index is 0.478. The molecule has 168 valence electrons. The second-order valence-corrected chi connectivity index (χ2v) is 8.91. The predicted molar refractivity (Wildman–Crippen MR) is 128 cm³/mol. The number of aliphatic imine (C=N–C) groups is 1. The number of pyridine rings is 1. The minimum Gasteiger partial charge on any atom is -0.357 e. The van der Waals surface area contributed by atoms with Crippen LogP contribution in [0.15, 0.2) is 59.7 Å². The highest BCUT2D eigenvalue weighted by Crippen LogP contribution is 2.36. The molecule has 3 aromatic rings. The molecule has 2 atom stereocenters. The number of guanidine groups is 1. The van der Waals surface area contributed by atoms with Crippen LogP contribution in [0.4, 0.5) is 0 Å². The van der Waals surface area contributed by atoms with Gasteiger partial charge >= 0.3 is 0 Å². The normalized spacial score (nSPS) is 23.5. The molecule has 2 unspecified atom stereocenters. The van der Waals surface area contributed by atoms with Gasteiger partial charge in [-0.15, -0.1) is 10.2 Å². The molecular weight excluding hydrogens is 398 g/mol. The van der Waals surface area contributed by atoms with Crippen molar-refractivity contribution >= 4 is 11.6 Å². The van der Waals surface area contributed by atoms with Crippen molar-refractivity contribution in [2.24, 2.45) is 4.99 Å². The largest absolute Gasteiger partial charge is 0.357 e. The summed E-state index contributed by atoms with van der Waals surface area (Å²) in [5.41, 5.74) is 2.31. The number of hydrogen-bond acceptors (Lipinski definition) is 4. The van der Waals surface area contributed by atoms with Crippen molar-refractivity contribution in [2.75, 3.05) is 13.1 Å². The highest BCUT2D eigenvalue weighted by atomic mass is 15.3. The number of benzene rings is 1. The van der Waals surface area contributed by atoms with E-state index in [1.165, 1.54) is 31.2 Å². The maximum Gasteiger partial charge on any atom is 0.191 e. The molecule has 2 aliphatic heterocycles. The number of hydrogen-bond donors (Lipinski definition) is 2. The van der Waals surface area contributed by atoms with Gasteiger partial charge in [-0.3, -0.25) is 14.3 Å². The molecule has 7 nitrogen and oxygen atoms in total. The minimum atomic E-state index is 0.478. The Balaban J connectivity index is 1.18. The number of aromatic nitrogens is 3. The van der Waals surface area contributed by atoms with E-state index in [1.807, 2.05) is 28.8 Å². The molecular formula is C25H33N7. The molecule has 7 heteroatoms. The van der Waals surface area contributed by atoms with Crippen LogP contribution in [0.2, 0.25) is 0 Å².